The van der Waals surface area contributed by atoms with Crippen molar-refractivity contribution in [3.05, 3.63) is 413 Å². The molecule has 542 valence electrons. The maximum atomic E-state index is 5.17. The molecule has 0 aliphatic rings. The normalized spacial score (nSPS) is 11.6. The maximum absolute atomic E-state index is 5.17. The van der Waals surface area contributed by atoms with E-state index in [1.165, 1.54) is 81.7 Å². The van der Waals surface area contributed by atoms with Gasteiger partial charge in [0, 0.05) is 99.2 Å². The van der Waals surface area contributed by atoms with Crippen LogP contribution in [0.15, 0.2) is 413 Å². The molecule has 0 amide bonds. The van der Waals surface area contributed by atoms with E-state index in [0.717, 1.165) is 94.7 Å². The van der Waals surface area contributed by atoms with Crippen molar-refractivity contribution in [2.45, 2.75) is 0 Å². The van der Waals surface area contributed by atoms with Crippen LogP contribution >= 0.6 is 0 Å². The molecule has 116 heavy (non-hydrogen) atoms. The van der Waals surface area contributed by atoms with Gasteiger partial charge in [0.1, 0.15) is 0 Å². The smallest absolute Gasteiger partial charge is 0.164 e. The Morgan fingerprint density at radius 1 is 0.129 bits per heavy atom. The molecule has 0 aliphatic heterocycles. The summed E-state index contributed by atoms with van der Waals surface area (Å²) >= 11 is 0. The Hall–Kier alpha value is -15.8. The van der Waals surface area contributed by atoms with Gasteiger partial charge in [-0.25, -0.2) is 29.9 Å². The summed E-state index contributed by atoms with van der Waals surface area (Å²) in [5, 5.41) is 12.1. The van der Waals surface area contributed by atoms with Gasteiger partial charge in [-0.3, -0.25) is 0 Å². The molecule has 0 atom stereocenters. The first-order chi connectivity index (χ1) is 57.5. The highest BCUT2D eigenvalue weighted by molar-refractivity contribution is 6.14. The first-order valence-corrected chi connectivity index (χ1v) is 39.1. The summed E-state index contributed by atoms with van der Waals surface area (Å²) in [5.41, 5.74) is 23.9. The molecule has 0 unspecified atom stereocenters. The zero-order chi connectivity index (χ0) is 76.6. The lowest BCUT2D eigenvalue weighted by molar-refractivity contribution is 1.07. The molecule has 0 saturated heterocycles. The minimum Gasteiger partial charge on any atom is -0.309 e. The summed E-state index contributed by atoms with van der Waals surface area (Å²) in [4.78, 5) is 30.6. The molecule has 0 radical (unpaired) electrons. The summed E-state index contributed by atoms with van der Waals surface area (Å²) in [5.74, 6) is 3.77. The van der Waals surface area contributed by atoms with Crippen LogP contribution in [0, 0.1) is 0 Å². The predicted molar refractivity (Wildman–Crippen MR) is 478 cm³/mol. The second-order valence-electron chi connectivity index (χ2n) is 29.4. The highest BCUT2D eigenvalue weighted by atomic mass is 15.1. The van der Waals surface area contributed by atoms with Crippen molar-refractivity contribution >= 4 is 98.0 Å². The van der Waals surface area contributed by atoms with Gasteiger partial charge in [0.25, 0.3) is 0 Å². The molecule has 0 aliphatic carbocycles. The third-order valence-electron chi connectivity index (χ3n) is 22.5. The lowest BCUT2D eigenvalue weighted by Crippen LogP contribution is -2.01. The Morgan fingerprint density at radius 2 is 0.362 bits per heavy atom. The van der Waals surface area contributed by atoms with Gasteiger partial charge >= 0.3 is 0 Å². The monoisotopic (exact) mass is 1480 g/mol. The fraction of sp³-hybridized carbons (Fsp3) is 0. The van der Waals surface area contributed by atoms with Gasteiger partial charge in [0.05, 0.1) is 44.1 Å². The molecule has 10 heteroatoms. The summed E-state index contributed by atoms with van der Waals surface area (Å²) in [6.07, 6.45) is 0. The van der Waals surface area contributed by atoms with Gasteiger partial charge < -0.3 is 18.3 Å². The van der Waals surface area contributed by atoms with Crippen molar-refractivity contribution in [3.8, 4) is 113 Å². The topological polar surface area (TPSA) is 97.1 Å². The van der Waals surface area contributed by atoms with Crippen molar-refractivity contribution in [2.75, 3.05) is 0 Å². The van der Waals surface area contributed by atoms with Crippen LogP contribution in [0.1, 0.15) is 0 Å². The van der Waals surface area contributed by atoms with Crippen LogP contribution in [-0.4, -0.2) is 48.2 Å². The largest absolute Gasteiger partial charge is 0.309 e. The molecular formula is C106H68N10. The molecule has 0 saturated carbocycles. The molecule has 23 aromatic rings. The van der Waals surface area contributed by atoms with Gasteiger partial charge in [-0.2, -0.15) is 0 Å². The van der Waals surface area contributed by atoms with Crippen molar-refractivity contribution in [3.63, 3.8) is 0 Å². The molecule has 0 bridgehead atoms. The number of para-hydroxylation sites is 6. The molecule has 0 fully saturated rings. The van der Waals surface area contributed by atoms with Gasteiger partial charge in [-0.1, -0.05) is 309 Å². The SMILES string of the molecule is c1ccc(-c2ccc(-c3nc(-c4cccc(-n5c6ccccc6c6cc(-n7c8ccccc8c8ccccc87)ccc65)c4)nc(-c4ccc5ccccc5c4)n3)cc2)cc1.c1ccc(-c2ccc(-c3nc(-c4ccccc4)nc(-c4cccc(-n5c6ccccc6c6cc(-n7c8ccccc8c8ccccc87)ccc65)c4)n3)cc2)cc1. The van der Waals surface area contributed by atoms with Crippen LogP contribution < -0.4 is 0 Å². The summed E-state index contributed by atoms with van der Waals surface area (Å²) < 4.78 is 9.48. The minimum atomic E-state index is 0.617. The van der Waals surface area contributed by atoms with Crippen molar-refractivity contribution in [1.82, 2.24) is 48.2 Å². The van der Waals surface area contributed by atoms with E-state index in [-0.39, 0.29) is 0 Å². The Kier molecular flexibility index (Phi) is 16.3. The number of benzene rings is 17. The lowest BCUT2D eigenvalue weighted by Gasteiger charge is -2.12. The van der Waals surface area contributed by atoms with Crippen molar-refractivity contribution in [1.29, 1.82) is 0 Å². The van der Waals surface area contributed by atoms with E-state index in [1.807, 2.05) is 42.5 Å². The third-order valence-corrected chi connectivity index (χ3v) is 22.5. The van der Waals surface area contributed by atoms with Gasteiger partial charge in [0.15, 0.2) is 34.9 Å². The van der Waals surface area contributed by atoms with E-state index in [1.54, 1.807) is 0 Å². The summed E-state index contributed by atoms with van der Waals surface area (Å²) in [6, 6.07) is 146. The highest BCUT2D eigenvalue weighted by Crippen LogP contribution is 2.42. The van der Waals surface area contributed by atoms with Crippen molar-refractivity contribution < 1.29 is 0 Å². The van der Waals surface area contributed by atoms with Crippen LogP contribution in [0.2, 0.25) is 0 Å². The number of nitrogens with zero attached hydrogens (tertiary/aromatic N) is 10. The Labute approximate surface area is 667 Å². The molecule has 23 rings (SSSR count). The molecule has 0 spiro atoms. The average molecular weight is 1480 g/mol. The molecule has 0 N–H and O–H groups in total. The van der Waals surface area contributed by atoms with Crippen LogP contribution in [0.5, 0.6) is 0 Å². The molecule has 6 aromatic heterocycles. The standard InChI is InChI=1S/C55H35N5.C51H33N5/c1-2-13-36(14-3-1)38-25-28-39(29-26-38)53-56-54(58-55(57-53)42-30-27-37-15-4-5-16-40(37)33-42)41-17-12-18-43(34-41)59-51-24-11-8-21-47(51)48-35-44(31-32-52(48)59)60-49-22-9-6-19-45(49)46-20-7-10-23-50(46)60;1-3-14-34(15-4-1)35-26-28-37(29-27-35)50-52-49(36-16-5-2-6-17-36)53-51(54-50)38-18-13-19-39(32-38)55-47-25-12-9-22-43(47)44-33-40(30-31-48(44)55)56-45-23-10-7-20-41(45)42-21-8-11-24-46(42)56/h1-35H;1-33H. The summed E-state index contributed by atoms with van der Waals surface area (Å²) in [7, 11) is 0. The van der Waals surface area contributed by atoms with Crippen LogP contribution in [0.25, 0.3) is 211 Å². The van der Waals surface area contributed by atoms with E-state index in [2.05, 4.69) is 388 Å². The van der Waals surface area contributed by atoms with E-state index in [0.29, 0.717) is 34.9 Å². The second kappa shape index (κ2) is 28.2. The van der Waals surface area contributed by atoms with Crippen LogP contribution in [-0.2, 0) is 0 Å². The van der Waals surface area contributed by atoms with E-state index in [4.69, 9.17) is 29.9 Å². The van der Waals surface area contributed by atoms with Gasteiger partial charge in [-0.15, -0.1) is 0 Å². The fourth-order valence-electron chi connectivity index (χ4n) is 17.1. The minimum absolute atomic E-state index is 0.617. The number of hydrogen-bond acceptors (Lipinski definition) is 6. The van der Waals surface area contributed by atoms with E-state index in [9.17, 15) is 0 Å². The van der Waals surface area contributed by atoms with Crippen LogP contribution in [0.3, 0.4) is 0 Å². The molecule has 6 heterocycles. The number of rotatable bonds is 12. The van der Waals surface area contributed by atoms with Crippen molar-refractivity contribution in [2.24, 2.45) is 0 Å². The van der Waals surface area contributed by atoms with Gasteiger partial charge in [-0.05, 0) is 136 Å². The van der Waals surface area contributed by atoms with Gasteiger partial charge in [0.2, 0.25) is 0 Å². The third kappa shape index (κ3) is 11.8. The zero-order valence-electron chi connectivity index (χ0n) is 62.7. The Bertz CT molecular complexity index is 7650. The summed E-state index contributed by atoms with van der Waals surface area (Å²) in [6.45, 7) is 0. The maximum Gasteiger partial charge on any atom is 0.164 e. The molecule has 17 aromatic carbocycles. The Balaban J connectivity index is 0.000000141. The average Bonchev–Trinajstić information content (AvgIpc) is 1.57. The number of hydrogen-bond donors (Lipinski definition) is 0. The predicted octanol–water partition coefficient (Wildman–Crippen LogP) is 26.6. The number of fused-ring (bicyclic) bond motifs is 13. The molecular weight excluding hydrogens is 1410 g/mol. The Morgan fingerprint density at radius 3 is 0.724 bits per heavy atom. The van der Waals surface area contributed by atoms with E-state index < -0.39 is 0 Å². The first kappa shape index (κ1) is 67.1. The first-order valence-electron chi connectivity index (χ1n) is 39.1. The van der Waals surface area contributed by atoms with Crippen LogP contribution in [0.4, 0.5) is 0 Å². The fourth-order valence-corrected chi connectivity index (χ4v) is 17.1. The lowest BCUT2D eigenvalue weighted by atomic mass is 10.0. The quantitative estimate of drug-likeness (QED) is 0.121. The molecule has 10 nitrogen and oxygen atoms in total. The highest BCUT2D eigenvalue weighted by Gasteiger charge is 2.23. The van der Waals surface area contributed by atoms with E-state index >= 15 is 0 Å². The zero-order valence-corrected chi connectivity index (χ0v) is 62.7. The number of aromatic nitrogens is 10. The second-order valence-corrected chi connectivity index (χ2v) is 29.4.